The van der Waals surface area contributed by atoms with E-state index in [4.69, 9.17) is 16.2 Å². The van der Waals surface area contributed by atoms with Crippen LogP contribution in [0.5, 0.6) is 0 Å². The average molecular weight is 385 g/mol. The fourth-order valence-electron chi connectivity index (χ4n) is 3.24. The smallest absolute Gasteiger partial charge is 0.303 e. The van der Waals surface area contributed by atoms with Crippen LogP contribution in [0.15, 0.2) is 30.3 Å². The fourth-order valence-corrected chi connectivity index (χ4v) is 3.24. The molecule has 0 bridgehead atoms. The number of carbonyl (C=O) groups is 3. The van der Waals surface area contributed by atoms with Crippen LogP contribution in [0, 0.1) is 16.7 Å². The van der Waals surface area contributed by atoms with Crippen molar-refractivity contribution in [1.82, 2.24) is 4.90 Å². The SMILES string of the molecule is CC(C)(C(=O)/C=C/c1ccc(C(=N)N)cc1)C(=O)N1CCC(CC(=O)O)CC1. The fraction of sp³-hybridized carbons (Fsp3) is 0.429. The lowest BCUT2D eigenvalue weighted by Gasteiger charge is -2.35. The number of carbonyl (C=O) groups excluding carboxylic acids is 2. The highest BCUT2D eigenvalue weighted by Gasteiger charge is 2.38. The van der Waals surface area contributed by atoms with E-state index in [9.17, 15) is 14.4 Å². The van der Waals surface area contributed by atoms with Crippen molar-refractivity contribution < 1.29 is 19.5 Å². The average Bonchev–Trinajstić information content (AvgIpc) is 2.65. The number of likely N-dealkylation sites (tertiary alicyclic amines) is 1. The molecule has 7 heteroatoms. The third-order valence-corrected chi connectivity index (χ3v) is 5.16. The molecule has 1 aliphatic rings. The number of rotatable bonds is 7. The lowest BCUT2D eigenvalue weighted by molar-refractivity contribution is -0.147. The van der Waals surface area contributed by atoms with Crippen LogP contribution in [0.25, 0.3) is 6.08 Å². The van der Waals surface area contributed by atoms with E-state index in [1.54, 1.807) is 49.1 Å². The first-order valence-corrected chi connectivity index (χ1v) is 9.29. The molecule has 1 aromatic rings. The highest BCUT2D eigenvalue weighted by molar-refractivity contribution is 6.11. The Morgan fingerprint density at radius 2 is 1.79 bits per heavy atom. The third kappa shape index (κ3) is 5.28. The van der Waals surface area contributed by atoms with Crippen molar-refractivity contribution in [1.29, 1.82) is 5.41 Å². The molecule has 0 unspecified atom stereocenters. The second-order valence-electron chi connectivity index (χ2n) is 7.69. The van der Waals surface area contributed by atoms with Crippen LogP contribution in [0.4, 0.5) is 0 Å². The minimum atomic E-state index is -1.19. The number of ketones is 1. The standard InChI is InChI=1S/C21H27N3O4/c1-21(2,20(28)24-11-9-15(10-12-24)13-18(26)27)17(25)8-5-14-3-6-16(7-4-14)19(22)23/h3-8,15H,9-13H2,1-2H3,(H3,22,23)(H,26,27)/b8-5+. The van der Waals surface area contributed by atoms with Gasteiger partial charge in [0.1, 0.15) is 11.3 Å². The minimum Gasteiger partial charge on any atom is -0.481 e. The first kappa shape index (κ1) is 21.3. The number of hydrogen-bond donors (Lipinski definition) is 3. The van der Waals surface area contributed by atoms with Gasteiger partial charge in [0.05, 0.1) is 0 Å². The lowest BCUT2D eigenvalue weighted by Crippen LogP contribution is -2.48. The number of benzene rings is 1. The van der Waals surface area contributed by atoms with Gasteiger partial charge < -0.3 is 15.7 Å². The maximum atomic E-state index is 12.8. The van der Waals surface area contributed by atoms with Crippen LogP contribution >= 0.6 is 0 Å². The molecule has 0 radical (unpaired) electrons. The predicted molar refractivity (Wildman–Crippen MR) is 107 cm³/mol. The number of carboxylic acid groups (broad SMARTS) is 1. The Kier molecular flexibility index (Phi) is 6.72. The zero-order valence-corrected chi connectivity index (χ0v) is 16.3. The topological polar surface area (TPSA) is 125 Å². The van der Waals surface area contributed by atoms with Gasteiger partial charge in [0.2, 0.25) is 5.91 Å². The predicted octanol–water partition coefficient (Wildman–Crippen LogP) is 2.29. The van der Waals surface area contributed by atoms with E-state index < -0.39 is 11.4 Å². The van der Waals surface area contributed by atoms with Gasteiger partial charge in [-0.1, -0.05) is 30.3 Å². The quantitative estimate of drug-likeness (QED) is 0.287. The molecule has 1 amide bonds. The number of nitrogen functional groups attached to an aromatic ring is 1. The Labute approximate surface area is 164 Å². The molecular weight excluding hydrogens is 358 g/mol. The van der Waals surface area contributed by atoms with Crippen LogP contribution < -0.4 is 5.73 Å². The summed E-state index contributed by atoms with van der Waals surface area (Å²) in [7, 11) is 0. The Morgan fingerprint density at radius 3 is 2.29 bits per heavy atom. The molecule has 0 spiro atoms. The van der Waals surface area contributed by atoms with Gasteiger partial charge in [-0.3, -0.25) is 19.8 Å². The molecule has 7 nitrogen and oxygen atoms in total. The molecule has 0 aliphatic carbocycles. The monoisotopic (exact) mass is 385 g/mol. The van der Waals surface area contributed by atoms with Gasteiger partial charge in [0.25, 0.3) is 0 Å². The summed E-state index contributed by atoms with van der Waals surface area (Å²) in [6.07, 6.45) is 4.44. The summed E-state index contributed by atoms with van der Waals surface area (Å²) in [5, 5.41) is 16.3. The van der Waals surface area contributed by atoms with Crippen molar-refractivity contribution in [3.05, 3.63) is 41.5 Å². The first-order chi connectivity index (χ1) is 13.1. The van der Waals surface area contributed by atoms with Crippen molar-refractivity contribution in [2.24, 2.45) is 17.1 Å². The van der Waals surface area contributed by atoms with Gasteiger partial charge in [0, 0.05) is 25.1 Å². The molecule has 1 aliphatic heterocycles. The van der Waals surface area contributed by atoms with E-state index >= 15 is 0 Å². The number of nitrogens with one attached hydrogen (secondary N) is 1. The lowest BCUT2D eigenvalue weighted by atomic mass is 9.84. The zero-order chi connectivity index (χ0) is 20.9. The number of aliphatic carboxylic acids is 1. The minimum absolute atomic E-state index is 0.0227. The van der Waals surface area contributed by atoms with E-state index in [-0.39, 0.29) is 29.9 Å². The summed E-state index contributed by atoms with van der Waals surface area (Å²) in [4.78, 5) is 38.0. The number of carboxylic acids is 1. The summed E-state index contributed by atoms with van der Waals surface area (Å²) in [6.45, 7) is 4.18. The number of hydrogen-bond acceptors (Lipinski definition) is 4. The van der Waals surface area contributed by atoms with Crippen molar-refractivity contribution in [3.8, 4) is 0 Å². The van der Waals surface area contributed by atoms with Gasteiger partial charge >= 0.3 is 5.97 Å². The molecule has 150 valence electrons. The van der Waals surface area contributed by atoms with Crippen molar-refractivity contribution in [2.75, 3.05) is 13.1 Å². The summed E-state index contributed by atoms with van der Waals surface area (Å²) in [6, 6.07) is 6.90. The van der Waals surface area contributed by atoms with Gasteiger partial charge in [-0.05, 0) is 44.2 Å². The highest BCUT2D eigenvalue weighted by Crippen LogP contribution is 2.27. The van der Waals surface area contributed by atoms with Crippen LogP contribution in [-0.4, -0.2) is 46.6 Å². The van der Waals surface area contributed by atoms with Crippen LogP contribution in [0.3, 0.4) is 0 Å². The molecule has 0 aromatic heterocycles. The summed E-state index contributed by atoms with van der Waals surface area (Å²) >= 11 is 0. The molecule has 28 heavy (non-hydrogen) atoms. The second kappa shape index (κ2) is 8.82. The summed E-state index contributed by atoms with van der Waals surface area (Å²) in [5.41, 5.74) is 5.61. The summed E-state index contributed by atoms with van der Waals surface area (Å²) in [5.74, 6) is -1.28. The molecule has 0 atom stereocenters. The largest absolute Gasteiger partial charge is 0.481 e. The van der Waals surface area contributed by atoms with Crippen LogP contribution in [0.2, 0.25) is 0 Å². The van der Waals surface area contributed by atoms with Crippen molar-refractivity contribution in [2.45, 2.75) is 33.1 Å². The molecule has 4 N–H and O–H groups in total. The number of nitrogens with zero attached hydrogens (tertiary/aromatic N) is 1. The third-order valence-electron chi connectivity index (χ3n) is 5.16. The van der Waals surface area contributed by atoms with E-state index in [0.29, 0.717) is 31.5 Å². The summed E-state index contributed by atoms with van der Waals surface area (Å²) < 4.78 is 0. The normalized spacial score (nSPS) is 15.6. The Bertz CT molecular complexity index is 788. The van der Waals surface area contributed by atoms with E-state index in [1.165, 1.54) is 6.08 Å². The van der Waals surface area contributed by atoms with Gasteiger partial charge in [-0.15, -0.1) is 0 Å². The highest BCUT2D eigenvalue weighted by atomic mass is 16.4. The number of piperidine rings is 1. The number of allylic oxidation sites excluding steroid dienone is 1. The van der Waals surface area contributed by atoms with E-state index in [0.717, 1.165) is 5.56 Å². The number of nitrogens with two attached hydrogens (primary N) is 1. The Morgan fingerprint density at radius 1 is 1.21 bits per heavy atom. The molecule has 1 saturated heterocycles. The van der Waals surface area contributed by atoms with Crippen LogP contribution in [-0.2, 0) is 14.4 Å². The molecule has 1 aromatic carbocycles. The van der Waals surface area contributed by atoms with Crippen molar-refractivity contribution >= 4 is 29.6 Å². The molecule has 0 saturated carbocycles. The van der Waals surface area contributed by atoms with Gasteiger partial charge in [-0.2, -0.15) is 0 Å². The van der Waals surface area contributed by atoms with Crippen molar-refractivity contribution in [3.63, 3.8) is 0 Å². The molecular formula is C21H27N3O4. The van der Waals surface area contributed by atoms with E-state index in [2.05, 4.69) is 0 Å². The number of amides is 1. The van der Waals surface area contributed by atoms with Gasteiger partial charge in [-0.25, -0.2) is 0 Å². The van der Waals surface area contributed by atoms with Gasteiger partial charge in [0.15, 0.2) is 5.78 Å². The maximum absolute atomic E-state index is 12.8. The zero-order valence-electron chi connectivity index (χ0n) is 16.3. The second-order valence-corrected chi connectivity index (χ2v) is 7.69. The first-order valence-electron chi connectivity index (χ1n) is 9.29. The Balaban J connectivity index is 1.98. The molecule has 1 heterocycles. The number of amidine groups is 1. The molecule has 1 fully saturated rings. The molecule has 2 rings (SSSR count). The van der Waals surface area contributed by atoms with Crippen LogP contribution in [0.1, 0.15) is 44.2 Å². The van der Waals surface area contributed by atoms with E-state index in [1.807, 2.05) is 0 Å². The Hall–Kier alpha value is -2.96. The maximum Gasteiger partial charge on any atom is 0.303 e.